The molecule has 0 aromatic heterocycles. The van der Waals surface area contributed by atoms with Gasteiger partial charge in [-0.15, -0.1) is 0 Å². The first-order valence-corrected chi connectivity index (χ1v) is 9.77. The summed E-state index contributed by atoms with van der Waals surface area (Å²) in [5, 5.41) is 12.0. The molecule has 2 aromatic carbocycles. The Morgan fingerprint density at radius 3 is 2.48 bits per heavy atom. The SMILES string of the molecule is O=C(c1cc(Cl)c2c(c1)OCCO2)N1CCN(c2ccc(Cl)cc2[N+](=O)[O-])CC1. The Balaban J connectivity index is 1.48. The van der Waals surface area contributed by atoms with Gasteiger partial charge in [0.25, 0.3) is 11.6 Å². The van der Waals surface area contributed by atoms with Crippen LogP contribution in [-0.2, 0) is 0 Å². The first kappa shape index (κ1) is 19.6. The van der Waals surface area contributed by atoms with E-state index in [1.54, 1.807) is 29.2 Å². The molecular formula is C19H17Cl2N3O5. The van der Waals surface area contributed by atoms with Crippen molar-refractivity contribution >= 4 is 40.5 Å². The standard InChI is InChI=1S/C19H17Cl2N3O5/c20-13-1-2-15(16(11-13)24(26)27)22-3-5-23(6-4-22)19(25)12-9-14(21)18-17(10-12)28-7-8-29-18/h1-2,9-11H,3-8H2. The van der Waals surface area contributed by atoms with Gasteiger partial charge in [0, 0.05) is 42.8 Å². The van der Waals surface area contributed by atoms with E-state index in [1.807, 2.05) is 4.90 Å². The maximum Gasteiger partial charge on any atom is 0.294 e. The molecule has 1 saturated heterocycles. The number of piperazine rings is 1. The molecule has 10 heteroatoms. The molecule has 1 amide bonds. The van der Waals surface area contributed by atoms with E-state index >= 15 is 0 Å². The minimum Gasteiger partial charge on any atom is -0.486 e. The summed E-state index contributed by atoms with van der Waals surface area (Å²) in [6.45, 7) is 2.59. The van der Waals surface area contributed by atoms with Crippen LogP contribution in [0.4, 0.5) is 11.4 Å². The van der Waals surface area contributed by atoms with E-state index in [4.69, 9.17) is 32.7 Å². The molecule has 0 bridgehead atoms. The third kappa shape index (κ3) is 3.90. The Hall–Kier alpha value is -2.71. The molecule has 0 aliphatic carbocycles. The number of rotatable bonds is 3. The molecule has 0 N–H and O–H groups in total. The topological polar surface area (TPSA) is 85.2 Å². The van der Waals surface area contributed by atoms with Crippen molar-refractivity contribution in [3.05, 3.63) is 56.1 Å². The van der Waals surface area contributed by atoms with Crippen LogP contribution in [0, 0.1) is 10.1 Å². The largest absolute Gasteiger partial charge is 0.486 e. The van der Waals surface area contributed by atoms with E-state index in [1.165, 1.54) is 6.07 Å². The molecule has 0 radical (unpaired) electrons. The summed E-state index contributed by atoms with van der Waals surface area (Å²) >= 11 is 12.1. The van der Waals surface area contributed by atoms with Crippen molar-refractivity contribution in [3.63, 3.8) is 0 Å². The van der Waals surface area contributed by atoms with Gasteiger partial charge in [0.1, 0.15) is 18.9 Å². The molecule has 8 nitrogen and oxygen atoms in total. The van der Waals surface area contributed by atoms with Crippen LogP contribution in [0.15, 0.2) is 30.3 Å². The van der Waals surface area contributed by atoms with Gasteiger partial charge in [0.05, 0.1) is 9.95 Å². The highest BCUT2D eigenvalue weighted by atomic mass is 35.5. The zero-order chi connectivity index (χ0) is 20.5. The van der Waals surface area contributed by atoms with E-state index in [2.05, 4.69) is 0 Å². The Morgan fingerprint density at radius 2 is 1.76 bits per heavy atom. The number of anilines is 1. The Labute approximate surface area is 176 Å². The zero-order valence-electron chi connectivity index (χ0n) is 15.3. The monoisotopic (exact) mass is 437 g/mol. The molecule has 0 spiro atoms. The fourth-order valence-corrected chi connectivity index (χ4v) is 3.91. The smallest absolute Gasteiger partial charge is 0.294 e. The van der Waals surface area contributed by atoms with E-state index in [9.17, 15) is 14.9 Å². The molecule has 0 atom stereocenters. The van der Waals surface area contributed by atoms with Crippen LogP contribution in [-0.4, -0.2) is 55.1 Å². The number of fused-ring (bicyclic) bond motifs is 1. The van der Waals surface area contributed by atoms with Gasteiger partial charge in [-0.3, -0.25) is 14.9 Å². The van der Waals surface area contributed by atoms with Crippen LogP contribution in [0.2, 0.25) is 10.0 Å². The lowest BCUT2D eigenvalue weighted by Crippen LogP contribution is -2.49. The van der Waals surface area contributed by atoms with Gasteiger partial charge in [-0.25, -0.2) is 0 Å². The lowest BCUT2D eigenvalue weighted by molar-refractivity contribution is -0.384. The molecule has 152 valence electrons. The van der Waals surface area contributed by atoms with Crippen LogP contribution in [0.3, 0.4) is 0 Å². The van der Waals surface area contributed by atoms with Crippen molar-refractivity contribution in [2.75, 3.05) is 44.3 Å². The number of hydrogen-bond acceptors (Lipinski definition) is 6. The maximum atomic E-state index is 12.9. The van der Waals surface area contributed by atoms with E-state index < -0.39 is 4.92 Å². The third-order valence-electron chi connectivity index (χ3n) is 4.89. The Kier molecular flexibility index (Phi) is 5.38. The predicted octanol–water partition coefficient (Wildman–Crippen LogP) is 3.64. The molecular weight excluding hydrogens is 421 g/mol. The van der Waals surface area contributed by atoms with Gasteiger partial charge in [-0.05, 0) is 24.3 Å². The van der Waals surface area contributed by atoms with Gasteiger partial charge >= 0.3 is 0 Å². The number of halogens is 2. The lowest BCUT2D eigenvalue weighted by Gasteiger charge is -2.36. The van der Waals surface area contributed by atoms with Gasteiger partial charge in [-0.2, -0.15) is 0 Å². The second-order valence-corrected chi connectivity index (χ2v) is 7.50. The highest BCUT2D eigenvalue weighted by molar-refractivity contribution is 6.32. The molecule has 4 rings (SSSR count). The van der Waals surface area contributed by atoms with Crippen molar-refractivity contribution in [1.82, 2.24) is 4.90 Å². The fourth-order valence-electron chi connectivity index (χ4n) is 3.48. The maximum absolute atomic E-state index is 12.9. The fraction of sp³-hybridized carbons (Fsp3) is 0.316. The highest BCUT2D eigenvalue weighted by Gasteiger charge is 2.28. The van der Waals surface area contributed by atoms with Gasteiger partial charge in [0.15, 0.2) is 11.5 Å². The summed E-state index contributed by atoms with van der Waals surface area (Å²) in [6.07, 6.45) is 0. The normalized spacial score (nSPS) is 15.9. The molecule has 2 aromatic rings. The molecule has 0 unspecified atom stereocenters. The molecule has 2 heterocycles. The highest BCUT2D eigenvalue weighted by Crippen LogP contribution is 2.39. The van der Waals surface area contributed by atoms with Crippen LogP contribution in [0.25, 0.3) is 0 Å². The minimum atomic E-state index is -0.448. The van der Waals surface area contributed by atoms with Crippen LogP contribution in [0.1, 0.15) is 10.4 Å². The van der Waals surface area contributed by atoms with Crippen LogP contribution >= 0.6 is 23.2 Å². The molecule has 2 aliphatic rings. The Bertz CT molecular complexity index is 977. The van der Waals surface area contributed by atoms with E-state index in [-0.39, 0.29) is 11.6 Å². The van der Waals surface area contributed by atoms with Crippen molar-refractivity contribution in [2.45, 2.75) is 0 Å². The molecule has 2 aliphatic heterocycles. The van der Waals surface area contributed by atoms with Crippen LogP contribution in [0.5, 0.6) is 11.5 Å². The third-order valence-corrected chi connectivity index (χ3v) is 5.40. The van der Waals surface area contributed by atoms with Gasteiger partial charge in [0.2, 0.25) is 0 Å². The summed E-state index contributed by atoms with van der Waals surface area (Å²) in [5.41, 5.74) is 0.870. The molecule has 0 saturated carbocycles. The minimum absolute atomic E-state index is 0.0455. The number of benzene rings is 2. The van der Waals surface area contributed by atoms with Gasteiger partial charge < -0.3 is 19.3 Å². The zero-order valence-corrected chi connectivity index (χ0v) is 16.8. The predicted molar refractivity (Wildman–Crippen MR) is 109 cm³/mol. The van der Waals surface area contributed by atoms with Crippen LogP contribution < -0.4 is 14.4 Å². The first-order chi connectivity index (χ1) is 13.9. The van der Waals surface area contributed by atoms with Crippen molar-refractivity contribution in [2.24, 2.45) is 0 Å². The summed E-state index contributed by atoms with van der Waals surface area (Å²) in [7, 11) is 0. The molecule has 29 heavy (non-hydrogen) atoms. The first-order valence-electron chi connectivity index (χ1n) is 9.01. The average molecular weight is 438 g/mol. The average Bonchev–Trinajstić information content (AvgIpc) is 2.73. The summed E-state index contributed by atoms with van der Waals surface area (Å²) in [5.74, 6) is 0.742. The van der Waals surface area contributed by atoms with Crippen molar-refractivity contribution in [3.8, 4) is 11.5 Å². The number of nitrogens with zero attached hydrogens (tertiary/aromatic N) is 3. The van der Waals surface area contributed by atoms with E-state index in [0.29, 0.717) is 72.2 Å². The second kappa shape index (κ2) is 7.96. The summed E-state index contributed by atoms with van der Waals surface area (Å²) in [6, 6.07) is 7.82. The lowest BCUT2D eigenvalue weighted by atomic mass is 10.1. The van der Waals surface area contributed by atoms with E-state index in [0.717, 1.165) is 0 Å². The quantitative estimate of drug-likeness (QED) is 0.538. The number of carbonyl (C=O) groups is 1. The number of hydrogen-bond donors (Lipinski definition) is 0. The summed E-state index contributed by atoms with van der Waals surface area (Å²) < 4.78 is 11.0. The Morgan fingerprint density at radius 1 is 1.03 bits per heavy atom. The number of nitro benzene ring substituents is 1. The van der Waals surface area contributed by atoms with Crippen molar-refractivity contribution in [1.29, 1.82) is 0 Å². The number of amides is 1. The molecule has 1 fully saturated rings. The summed E-state index contributed by atoms with van der Waals surface area (Å²) in [4.78, 5) is 27.4. The second-order valence-electron chi connectivity index (χ2n) is 6.65. The number of ether oxygens (including phenoxy) is 2. The number of carbonyl (C=O) groups excluding carboxylic acids is 1. The number of nitro groups is 1. The van der Waals surface area contributed by atoms with Gasteiger partial charge in [-0.1, -0.05) is 23.2 Å². The van der Waals surface area contributed by atoms with Crippen molar-refractivity contribution < 1.29 is 19.2 Å².